The van der Waals surface area contributed by atoms with Crippen LogP contribution in [0, 0.1) is 10.1 Å². The van der Waals surface area contributed by atoms with Crippen molar-refractivity contribution in [3.63, 3.8) is 0 Å². The number of hydrogen-bond donors (Lipinski definition) is 0. The Morgan fingerprint density at radius 1 is 1.00 bits per heavy atom. The summed E-state index contributed by atoms with van der Waals surface area (Å²) in [6.45, 7) is 3.52. The minimum absolute atomic E-state index is 0.0327. The normalized spacial score (nSPS) is 24.0. The summed E-state index contributed by atoms with van der Waals surface area (Å²) in [5.74, 6) is -1.81. The van der Waals surface area contributed by atoms with Gasteiger partial charge in [-0.05, 0) is 6.07 Å². The molecule has 0 radical (unpaired) electrons. The highest BCUT2D eigenvalue weighted by atomic mass is 32.2. The van der Waals surface area contributed by atoms with Gasteiger partial charge in [0.2, 0.25) is 0 Å². The van der Waals surface area contributed by atoms with Gasteiger partial charge in [-0.2, -0.15) is 0 Å². The van der Waals surface area contributed by atoms with Crippen LogP contribution < -0.4 is 4.74 Å². The van der Waals surface area contributed by atoms with Crippen LogP contribution in [0.2, 0.25) is 0 Å². The Labute approximate surface area is 164 Å². The van der Waals surface area contributed by atoms with Crippen LogP contribution in [0.5, 0.6) is 5.75 Å². The van der Waals surface area contributed by atoms with Crippen LogP contribution in [-0.2, 0) is 28.6 Å². The van der Waals surface area contributed by atoms with Crippen molar-refractivity contribution in [2.45, 2.75) is 44.5 Å². The van der Waals surface area contributed by atoms with Gasteiger partial charge in [-0.1, -0.05) is 12.1 Å². The predicted molar refractivity (Wildman–Crippen MR) is 96.6 cm³/mol. The fourth-order valence-electron chi connectivity index (χ4n) is 2.64. The molecule has 1 heterocycles. The number of nitrogens with zero attached hydrogens (tertiary/aromatic N) is 1. The number of para-hydroxylation sites is 2. The summed E-state index contributed by atoms with van der Waals surface area (Å²) < 4.78 is 21.4. The Hall–Kier alpha value is -2.82. The Morgan fingerprint density at radius 2 is 1.57 bits per heavy atom. The monoisotopic (exact) mass is 413 g/mol. The van der Waals surface area contributed by atoms with Gasteiger partial charge in [0.05, 0.1) is 4.92 Å². The number of thioether (sulfide) groups is 1. The Kier molecular flexibility index (Phi) is 7.21. The van der Waals surface area contributed by atoms with Gasteiger partial charge < -0.3 is 18.9 Å². The number of benzene rings is 1. The fraction of sp³-hybridized carbons (Fsp3) is 0.471. The summed E-state index contributed by atoms with van der Waals surface area (Å²) in [4.78, 5) is 45.1. The third-order valence-electron chi connectivity index (χ3n) is 3.61. The summed E-state index contributed by atoms with van der Waals surface area (Å²) in [5, 5.41) is 11.2. The molecule has 10 nitrogen and oxygen atoms in total. The molecule has 1 aromatic rings. The lowest BCUT2D eigenvalue weighted by atomic mass is 10.1. The summed E-state index contributed by atoms with van der Waals surface area (Å²) in [6.07, 6.45) is -3.15. The van der Waals surface area contributed by atoms with Crippen LogP contribution in [0.1, 0.15) is 20.8 Å². The van der Waals surface area contributed by atoms with Crippen molar-refractivity contribution in [2.75, 3.05) is 5.75 Å². The second-order valence-electron chi connectivity index (χ2n) is 5.84. The first-order chi connectivity index (χ1) is 13.2. The topological polar surface area (TPSA) is 131 Å². The van der Waals surface area contributed by atoms with E-state index in [1.165, 1.54) is 25.1 Å². The van der Waals surface area contributed by atoms with E-state index >= 15 is 0 Å². The Balaban J connectivity index is 2.34. The molecule has 0 aliphatic carbocycles. The quantitative estimate of drug-likeness (QED) is 0.294. The first-order valence-corrected chi connectivity index (χ1v) is 9.27. The van der Waals surface area contributed by atoms with Crippen molar-refractivity contribution in [3.8, 4) is 5.75 Å². The number of nitro groups is 1. The zero-order chi connectivity index (χ0) is 20.8. The number of carbonyl (C=O) groups excluding carboxylic acids is 3. The maximum Gasteiger partial charge on any atom is 0.310 e. The lowest BCUT2D eigenvalue weighted by Gasteiger charge is -2.39. The first-order valence-electron chi connectivity index (χ1n) is 8.22. The van der Waals surface area contributed by atoms with Crippen molar-refractivity contribution in [2.24, 2.45) is 0 Å². The summed E-state index contributed by atoms with van der Waals surface area (Å²) in [7, 11) is 0. The van der Waals surface area contributed by atoms with Gasteiger partial charge in [0.15, 0.2) is 29.5 Å². The molecule has 28 heavy (non-hydrogen) atoms. The van der Waals surface area contributed by atoms with E-state index in [0.717, 1.165) is 25.6 Å². The van der Waals surface area contributed by atoms with Crippen molar-refractivity contribution in [1.82, 2.24) is 0 Å². The Bertz CT molecular complexity index is 769. The fourth-order valence-corrected chi connectivity index (χ4v) is 3.85. The van der Waals surface area contributed by atoms with Gasteiger partial charge in [0.1, 0.15) is 0 Å². The molecule has 0 unspecified atom stereocenters. The van der Waals surface area contributed by atoms with Crippen LogP contribution in [-0.4, -0.2) is 52.3 Å². The highest BCUT2D eigenvalue weighted by molar-refractivity contribution is 7.99. The highest BCUT2D eigenvalue weighted by Crippen LogP contribution is 2.36. The maximum atomic E-state index is 11.6. The van der Waals surface area contributed by atoms with E-state index in [4.69, 9.17) is 18.9 Å². The number of ether oxygens (including phenoxy) is 4. The van der Waals surface area contributed by atoms with Gasteiger partial charge in [-0.3, -0.25) is 24.5 Å². The van der Waals surface area contributed by atoms with Crippen molar-refractivity contribution in [3.05, 3.63) is 34.4 Å². The molecular formula is C17H19NO9S. The summed E-state index contributed by atoms with van der Waals surface area (Å²) >= 11 is 1.12. The van der Waals surface area contributed by atoms with Gasteiger partial charge in [-0.15, -0.1) is 11.8 Å². The Morgan fingerprint density at radius 3 is 2.14 bits per heavy atom. The number of rotatable bonds is 6. The number of esters is 3. The molecule has 2 rings (SSSR count). The molecule has 0 N–H and O–H groups in total. The molecule has 152 valence electrons. The number of hydrogen-bond acceptors (Lipinski definition) is 10. The van der Waals surface area contributed by atoms with E-state index < -0.39 is 46.6 Å². The molecule has 1 saturated heterocycles. The van der Waals surface area contributed by atoms with Gasteiger partial charge >= 0.3 is 23.6 Å². The summed E-state index contributed by atoms with van der Waals surface area (Å²) in [5.41, 5.74) is -1.20. The molecule has 0 spiro atoms. The van der Waals surface area contributed by atoms with E-state index in [-0.39, 0.29) is 17.2 Å². The van der Waals surface area contributed by atoms with Crippen LogP contribution in [0.15, 0.2) is 24.3 Å². The third-order valence-corrected chi connectivity index (χ3v) is 4.82. The predicted octanol–water partition coefficient (Wildman–Crippen LogP) is 1.84. The van der Waals surface area contributed by atoms with E-state index in [2.05, 4.69) is 0 Å². The molecule has 0 saturated carbocycles. The standard InChI is InChI=1S/C17H19NO9S/c1-9(19)24-14-8-28-17(16(26-11(3)21)15(14)25-10(2)20)27-13-7-5-4-6-12(13)18(22)23/h4-7,14-17H,8H2,1-3H3/t14-,15+,16-,17-/m1/s1. The zero-order valence-corrected chi connectivity index (χ0v) is 16.2. The van der Waals surface area contributed by atoms with Crippen molar-refractivity contribution < 1.29 is 38.3 Å². The average molecular weight is 413 g/mol. The van der Waals surface area contributed by atoms with Gasteiger partial charge in [0, 0.05) is 32.6 Å². The van der Waals surface area contributed by atoms with E-state index in [0.29, 0.717) is 0 Å². The van der Waals surface area contributed by atoms with Crippen LogP contribution in [0.4, 0.5) is 5.69 Å². The minimum Gasteiger partial charge on any atom is -0.468 e. The molecule has 1 aliphatic rings. The number of nitro benzene ring substituents is 1. The third kappa shape index (κ3) is 5.59. The number of carbonyl (C=O) groups is 3. The van der Waals surface area contributed by atoms with E-state index in [9.17, 15) is 24.5 Å². The molecule has 0 amide bonds. The maximum absolute atomic E-state index is 11.6. The highest BCUT2D eigenvalue weighted by Gasteiger charge is 2.48. The van der Waals surface area contributed by atoms with E-state index in [1.807, 2.05) is 0 Å². The van der Waals surface area contributed by atoms with Crippen LogP contribution >= 0.6 is 11.8 Å². The summed E-state index contributed by atoms with van der Waals surface area (Å²) in [6, 6.07) is 5.72. The van der Waals surface area contributed by atoms with Gasteiger partial charge in [-0.25, -0.2) is 0 Å². The second-order valence-corrected chi connectivity index (χ2v) is 6.97. The average Bonchev–Trinajstić information content (AvgIpc) is 2.59. The SMILES string of the molecule is CC(=O)O[C@@H]1[C@@H](OC(C)=O)[C@H](OC(C)=O)CS[C@H]1Oc1ccccc1[N+](=O)[O-]. The van der Waals surface area contributed by atoms with Crippen LogP contribution in [0.25, 0.3) is 0 Å². The molecule has 1 aliphatic heterocycles. The molecule has 1 fully saturated rings. The zero-order valence-electron chi connectivity index (χ0n) is 15.4. The molecule has 1 aromatic carbocycles. The lowest BCUT2D eigenvalue weighted by molar-refractivity contribution is -0.386. The first kappa shape index (κ1) is 21.5. The molecular weight excluding hydrogens is 394 g/mol. The largest absolute Gasteiger partial charge is 0.468 e. The van der Waals surface area contributed by atoms with Crippen molar-refractivity contribution >= 4 is 35.4 Å². The second kappa shape index (κ2) is 9.40. The lowest BCUT2D eigenvalue weighted by Crippen LogP contribution is -2.55. The molecule has 0 aromatic heterocycles. The van der Waals surface area contributed by atoms with Crippen LogP contribution in [0.3, 0.4) is 0 Å². The van der Waals surface area contributed by atoms with Crippen molar-refractivity contribution in [1.29, 1.82) is 0 Å². The molecule has 11 heteroatoms. The van der Waals surface area contributed by atoms with Gasteiger partial charge in [0.25, 0.3) is 0 Å². The van der Waals surface area contributed by atoms with E-state index in [1.54, 1.807) is 6.07 Å². The minimum atomic E-state index is -1.15. The molecule has 4 atom stereocenters. The smallest absolute Gasteiger partial charge is 0.310 e. The molecule has 0 bridgehead atoms.